The van der Waals surface area contributed by atoms with Gasteiger partial charge in [-0.2, -0.15) is 0 Å². The van der Waals surface area contributed by atoms with Gasteiger partial charge in [-0.15, -0.1) is 11.6 Å². The zero-order valence-electron chi connectivity index (χ0n) is 10.4. The highest BCUT2D eigenvalue weighted by Crippen LogP contribution is 2.30. The zero-order valence-corrected chi connectivity index (χ0v) is 11.9. The molecule has 2 aromatic heterocycles. The van der Waals surface area contributed by atoms with E-state index < -0.39 is 0 Å². The second kappa shape index (κ2) is 5.65. The number of para-hydroxylation sites is 1. The molecule has 3 nitrogen and oxygen atoms in total. The SMILES string of the molecule is ClCc1cc(Oc2cncc(Cl)c2)c2ccccc2n1. The molecule has 0 spiro atoms. The summed E-state index contributed by atoms with van der Waals surface area (Å²) >= 11 is 11.8. The highest BCUT2D eigenvalue weighted by Gasteiger charge is 2.08. The van der Waals surface area contributed by atoms with Crippen molar-refractivity contribution < 1.29 is 4.74 Å². The van der Waals surface area contributed by atoms with Crippen molar-refractivity contribution in [3.63, 3.8) is 0 Å². The highest BCUT2D eigenvalue weighted by molar-refractivity contribution is 6.30. The molecule has 0 saturated carbocycles. The Morgan fingerprint density at radius 1 is 1.10 bits per heavy atom. The molecule has 1 aromatic carbocycles. The number of aromatic nitrogens is 2. The number of pyridine rings is 2. The van der Waals surface area contributed by atoms with Gasteiger partial charge in [0.1, 0.15) is 11.5 Å². The molecule has 0 bridgehead atoms. The van der Waals surface area contributed by atoms with Crippen LogP contribution in [0.3, 0.4) is 0 Å². The fraction of sp³-hybridized carbons (Fsp3) is 0.0667. The number of rotatable bonds is 3. The Balaban J connectivity index is 2.10. The van der Waals surface area contributed by atoms with Gasteiger partial charge in [-0.25, -0.2) is 0 Å². The summed E-state index contributed by atoms with van der Waals surface area (Å²) in [7, 11) is 0. The van der Waals surface area contributed by atoms with Crippen LogP contribution >= 0.6 is 23.2 Å². The molecule has 20 heavy (non-hydrogen) atoms. The highest BCUT2D eigenvalue weighted by atomic mass is 35.5. The van der Waals surface area contributed by atoms with Crippen molar-refractivity contribution in [3.8, 4) is 11.5 Å². The van der Waals surface area contributed by atoms with Crippen LogP contribution in [-0.4, -0.2) is 9.97 Å². The van der Waals surface area contributed by atoms with Crippen LogP contribution in [0.2, 0.25) is 5.02 Å². The van der Waals surface area contributed by atoms with Crippen LogP contribution in [0.5, 0.6) is 11.5 Å². The third-order valence-corrected chi connectivity index (χ3v) is 3.26. The number of benzene rings is 1. The van der Waals surface area contributed by atoms with E-state index in [0.717, 1.165) is 16.6 Å². The average molecular weight is 305 g/mol. The molecular formula is C15H10Cl2N2O. The van der Waals surface area contributed by atoms with Gasteiger partial charge in [-0.3, -0.25) is 9.97 Å². The van der Waals surface area contributed by atoms with Gasteiger partial charge in [-0.1, -0.05) is 23.7 Å². The molecule has 2 heterocycles. The smallest absolute Gasteiger partial charge is 0.147 e. The molecule has 0 aliphatic carbocycles. The molecule has 100 valence electrons. The van der Waals surface area contributed by atoms with Crippen LogP contribution < -0.4 is 4.74 Å². The molecule has 0 atom stereocenters. The first kappa shape index (κ1) is 13.2. The average Bonchev–Trinajstić information content (AvgIpc) is 2.47. The van der Waals surface area contributed by atoms with Crippen molar-refractivity contribution in [1.29, 1.82) is 0 Å². The summed E-state index contributed by atoms with van der Waals surface area (Å²) in [5.74, 6) is 1.60. The quantitative estimate of drug-likeness (QED) is 0.651. The fourth-order valence-corrected chi connectivity index (χ4v) is 2.22. The molecule has 3 aromatic rings. The van der Waals surface area contributed by atoms with Crippen LogP contribution in [0, 0.1) is 0 Å². The number of fused-ring (bicyclic) bond motifs is 1. The van der Waals surface area contributed by atoms with Crippen molar-refractivity contribution in [2.24, 2.45) is 0 Å². The molecule has 0 unspecified atom stereocenters. The third kappa shape index (κ3) is 2.69. The molecule has 0 radical (unpaired) electrons. The Bertz CT molecular complexity index is 762. The standard InChI is InChI=1S/C15H10Cl2N2O/c16-7-11-6-15(13-3-1-2-4-14(13)19-11)20-12-5-10(17)8-18-9-12/h1-6,8-9H,7H2. The van der Waals surface area contributed by atoms with Gasteiger partial charge in [-0.05, 0) is 12.1 Å². The first-order valence-corrected chi connectivity index (χ1v) is 6.90. The van der Waals surface area contributed by atoms with Crippen LogP contribution in [0.15, 0.2) is 48.8 Å². The van der Waals surface area contributed by atoms with Crippen LogP contribution in [0.1, 0.15) is 5.69 Å². The monoisotopic (exact) mass is 304 g/mol. The minimum Gasteiger partial charge on any atom is -0.455 e. The van der Waals surface area contributed by atoms with E-state index in [-0.39, 0.29) is 0 Å². The lowest BCUT2D eigenvalue weighted by atomic mass is 10.2. The second-order valence-corrected chi connectivity index (χ2v) is 4.91. The van der Waals surface area contributed by atoms with Crippen molar-refractivity contribution in [2.75, 3.05) is 0 Å². The van der Waals surface area contributed by atoms with E-state index in [1.165, 1.54) is 0 Å². The van der Waals surface area contributed by atoms with E-state index in [2.05, 4.69) is 9.97 Å². The Kier molecular flexibility index (Phi) is 3.72. The number of ether oxygens (including phenoxy) is 1. The van der Waals surface area contributed by atoms with E-state index in [9.17, 15) is 0 Å². The summed E-state index contributed by atoms with van der Waals surface area (Å²) in [5, 5.41) is 1.44. The lowest BCUT2D eigenvalue weighted by Crippen LogP contribution is -1.92. The summed E-state index contributed by atoms with van der Waals surface area (Å²) in [6, 6.07) is 11.3. The third-order valence-electron chi connectivity index (χ3n) is 2.78. The molecule has 3 rings (SSSR count). The molecule has 0 aliphatic heterocycles. The molecule has 0 amide bonds. The lowest BCUT2D eigenvalue weighted by Gasteiger charge is -2.10. The first-order chi connectivity index (χ1) is 9.76. The van der Waals surface area contributed by atoms with Gasteiger partial charge >= 0.3 is 0 Å². The van der Waals surface area contributed by atoms with Crippen LogP contribution in [-0.2, 0) is 5.88 Å². The predicted molar refractivity (Wildman–Crippen MR) is 80.6 cm³/mol. The van der Waals surface area contributed by atoms with Gasteiger partial charge in [0.2, 0.25) is 0 Å². The zero-order chi connectivity index (χ0) is 13.9. The number of alkyl halides is 1. The maximum Gasteiger partial charge on any atom is 0.147 e. The molecule has 5 heteroatoms. The normalized spacial score (nSPS) is 10.7. The van der Waals surface area contributed by atoms with Crippen LogP contribution in [0.25, 0.3) is 10.9 Å². The van der Waals surface area contributed by atoms with Gasteiger partial charge < -0.3 is 4.74 Å². The minimum atomic E-state index is 0.328. The Morgan fingerprint density at radius 2 is 1.95 bits per heavy atom. The molecule has 0 fully saturated rings. The van der Waals surface area contributed by atoms with Crippen LogP contribution in [0.4, 0.5) is 0 Å². The summed E-state index contributed by atoms with van der Waals surface area (Å²) in [5.41, 5.74) is 1.60. The fourth-order valence-electron chi connectivity index (χ4n) is 1.92. The Hall–Kier alpha value is -1.84. The molecule has 0 N–H and O–H groups in total. The van der Waals surface area contributed by atoms with Crippen molar-refractivity contribution in [3.05, 3.63) is 59.5 Å². The lowest BCUT2D eigenvalue weighted by molar-refractivity contribution is 0.485. The van der Waals surface area contributed by atoms with E-state index >= 15 is 0 Å². The number of halogens is 2. The minimum absolute atomic E-state index is 0.328. The summed E-state index contributed by atoms with van der Waals surface area (Å²) < 4.78 is 5.87. The van der Waals surface area contributed by atoms with E-state index in [0.29, 0.717) is 22.4 Å². The summed E-state index contributed by atoms with van der Waals surface area (Å²) in [6.07, 6.45) is 3.17. The second-order valence-electron chi connectivity index (χ2n) is 4.20. The van der Waals surface area contributed by atoms with Gasteiger partial charge in [0.25, 0.3) is 0 Å². The first-order valence-electron chi connectivity index (χ1n) is 5.99. The maximum atomic E-state index is 5.91. The predicted octanol–water partition coefficient (Wildman–Crippen LogP) is 4.81. The Labute approximate surface area is 126 Å². The topological polar surface area (TPSA) is 35.0 Å². The van der Waals surface area contributed by atoms with Crippen molar-refractivity contribution >= 4 is 34.1 Å². The van der Waals surface area contributed by atoms with Gasteiger partial charge in [0.15, 0.2) is 0 Å². The number of nitrogens with zero attached hydrogens (tertiary/aromatic N) is 2. The van der Waals surface area contributed by atoms with E-state index in [1.54, 1.807) is 18.5 Å². The molecule has 0 saturated heterocycles. The molecule has 0 aliphatic rings. The largest absolute Gasteiger partial charge is 0.455 e. The molecular weight excluding hydrogens is 295 g/mol. The number of hydrogen-bond acceptors (Lipinski definition) is 3. The van der Waals surface area contributed by atoms with Gasteiger partial charge in [0.05, 0.1) is 28.3 Å². The van der Waals surface area contributed by atoms with Crippen molar-refractivity contribution in [2.45, 2.75) is 5.88 Å². The summed E-state index contributed by atoms with van der Waals surface area (Å²) in [6.45, 7) is 0. The van der Waals surface area contributed by atoms with E-state index in [4.69, 9.17) is 27.9 Å². The van der Waals surface area contributed by atoms with Gasteiger partial charge in [0, 0.05) is 23.7 Å². The number of hydrogen-bond donors (Lipinski definition) is 0. The summed E-state index contributed by atoms with van der Waals surface area (Å²) in [4.78, 5) is 8.46. The Morgan fingerprint density at radius 3 is 2.75 bits per heavy atom. The van der Waals surface area contributed by atoms with Crippen molar-refractivity contribution in [1.82, 2.24) is 9.97 Å². The maximum absolute atomic E-state index is 5.91. The van der Waals surface area contributed by atoms with E-state index in [1.807, 2.05) is 30.3 Å².